The molecule has 1 heterocycles. The van der Waals surface area contributed by atoms with Crippen LogP contribution in [0.2, 0.25) is 0 Å². The van der Waals surface area contributed by atoms with E-state index in [1.54, 1.807) is 0 Å². The lowest BCUT2D eigenvalue weighted by molar-refractivity contribution is 0.0947. The van der Waals surface area contributed by atoms with Crippen LogP contribution in [-0.4, -0.2) is 48.9 Å². The standard InChI is InChI=1S/C18H20F2N4O2/c1-24(2)9-3-7-22-18(26)16-10-12(6-8-21-16)17(25)23-15-5-4-13(19)11-14(15)20/h4-6,8,10-11H,3,7,9H2,1-2H3,(H,22,26)(H,23,25). The zero-order chi connectivity index (χ0) is 19.1. The van der Waals surface area contributed by atoms with Crippen LogP contribution in [0.1, 0.15) is 27.3 Å². The van der Waals surface area contributed by atoms with Crippen LogP contribution in [0.25, 0.3) is 0 Å². The van der Waals surface area contributed by atoms with Gasteiger partial charge in [0.2, 0.25) is 0 Å². The maximum Gasteiger partial charge on any atom is 0.269 e. The molecule has 0 saturated heterocycles. The summed E-state index contributed by atoms with van der Waals surface area (Å²) in [5.41, 5.74) is 0.0761. The molecule has 0 bridgehead atoms. The van der Waals surface area contributed by atoms with Crippen molar-refractivity contribution in [3.63, 3.8) is 0 Å². The van der Waals surface area contributed by atoms with Gasteiger partial charge in [0.05, 0.1) is 5.69 Å². The van der Waals surface area contributed by atoms with Crippen molar-refractivity contribution in [1.82, 2.24) is 15.2 Å². The molecule has 0 spiro atoms. The van der Waals surface area contributed by atoms with Gasteiger partial charge >= 0.3 is 0 Å². The molecule has 2 amide bonds. The number of pyridine rings is 1. The number of amides is 2. The van der Waals surface area contributed by atoms with Crippen molar-refractivity contribution >= 4 is 17.5 Å². The second-order valence-electron chi connectivity index (χ2n) is 5.92. The Morgan fingerprint density at radius 2 is 1.88 bits per heavy atom. The molecule has 6 nitrogen and oxygen atoms in total. The number of nitrogens with one attached hydrogen (secondary N) is 2. The minimum Gasteiger partial charge on any atom is -0.351 e. The Morgan fingerprint density at radius 1 is 1.12 bits per heavy atom. The molecule has 0 aliphatic rings. The summed E-state index contributed by atoms with van der Waals surface area (Å²) in [7, 11) is 3.88. The van der Waals surface area contributed by atoms with Gasteiger partial charge in [-0.2, -0.15) is 0 Å². The molecule has 0 unspecified atom stereocenters. The van der Waals surface area contributed by atoms with E-state index in [9.17, 15) is 18.4 Å². The number of carbonyl (C=O) groups is 2. The summed E-state index contributed by atoms with van der Waals surface area (Å²) < 4.78 is 26.5. The van der Waals surface area contributed by atoms with Gasteiger partial charge in [0, 0.05) is 24.4 Å². The maximum atomic E-state index is 13.6. The van der Waals surface area contributed by atoms with Crippen LogP contribution in [0.4, 0.5) is 14.5 Å². The number of benzene rings is 1. The molecule has 1 aromatic carbocycles. The molecule has 0 aliphatic carbocycles. The number of nitrogens with zero attached hydrogens (tertiary/aromatic N) is 2. The largest absolute Gasteiger partial charge is 0.351 e. The molecule has 2 rings (SSSR count). The predicted octanol–water partition coefficient (Wildman–Crippen LogP) is 2.29. The van der Waals surface area contributed by atoms with E-state index < -0.39 is 23.4 Å². The fraction of sp³-hybridized carbons (Fsp3) is 0.278. The SMILES string of the molecule is CN(C)CCCNC(=O)c1cc(C(=O)Nc2ccc(F)cc2F)ccn1. The quantitative estimate of drug-likeness (QED) is 0.741. The second kappa shape index (κ2) is 9.00. The Kier molecular flexibility index (Phi) is 6.74. The first kappa shape index (κ1) is 19.5. The summed E-state index contributed by atoms with van der Waals surface area (Å²) in [5, 5.41) is 5.06. The monoisotopic (exact) mass is 362 g/mol. The number of anilines is 1. The first-order chi connectivity index (χ1) is 12.4. The van der Waals surface area contributed by atoms with Gasteiger partial charge in [-0.1, -0.05) is 0 Å². The molecule has 0 fully saturated rings. The van der Waals surface area contributed by atoms with E-state index in [1.807, 2.05) is 19.0 Å². The van der Waals surface area contributed by atoms with Crippen LogP contribution < -0.4 is 10.6 Å². The third-order valence-electron chi connectivity index (χ3n) is 3.50. The van der Waals surface area contributed by atoms with Crippen LogP contribution in [0.3, 0.4) is 0 Å². The summed E-state index contributed by atoms with van der Waals surface area (Å²) in [5.74, 6) is -2.64. The van der Waals surface area contributed by atoms with E-state index in [0.717, 1.165) is 25.1 Å². The van der Waals surface area contributed by atoms with Gasteiger partial charge < -0.3 is 15.5 Å². The van der Waals surface area contributed by atoms with E-state index in [2.05, 4.69) is 15.6 Å². The van der Waals surface area contributed by atoms with Crippen molar-refractivity contribution in [2.75, 3.05) is 32.5 Å². The van der Waals surface area contributed by atoms with Gasteiger partial charge in [-0.15, -0.1) is 0 Å². The number of aromatic nitrogens is 1. The Balaban J connectivity index is 2.01. The third-order valence-corrected chi connectivity index (χ3v) is 3.50. The molecule has 2 N–H and O–H groups in total. The normalized spacial score (nSPS) is 10.7. The minimum absolute atomic E-state index is 0.0853. The van der Waals surface area contributed by atoms with Crippen molar-refractivity contribution in [3.05, 3.63) is 59.4 Å². The second-order valence-corrected chi connectivity index (χ2v) is 5.92. The van der Waals surface area contributed by atoms with Crippen molar-refractivity contribution < 1.29 is 18.4 Å². The first-order valence-corrected chi connectivity index (χ1v) is 8.02. The van der Waals surface area contributed by atoms with E-state index in [-0.39, 0.29) is 16.9 Å². The summed E-state index contributed by atoms with van der Waals surface area (Å²) in [6, 6.07) is 5.56. The highest BCUT2D eigenvalue weighted by molar-refractivity contribution is 6.05. The van der Waals surface area contributed by atoms with Crippen molar-refractivity contribution in [1.29, 1.82) is 0 Å². The van der Waals surface area contributed by atoms with Crippen molar-refractivity contribution in [2.45, 2.75) is 6.42 Å². The zero-order valence-corrected chi connectivity index (χ0v) is 14.6. The van der Waals surface area contributed by atoms with Crippen molar-refractivity contribution in [3.8, 4) is 0 Å². The molecule has 0 aliphatic heterocycles. The van der Waals surface area contributed by atoms with Gasteiger partial charge in [0.15, 0.2) is 0 Å². The highest BCUT2D eigenvalue weighted by atomic mass is 19.1. The molecule has 0 atom stereocenters. The summed E-state index contributed by atoms with van der Waals surface area (Å²) in [6.07, 6.45) is 2.10. The van der Waals surface area contributed by atoms with E-state index in [0.29, 0.717) is 12.6 Å². The zero-order valence-electron chi connectivity index (χ0n) is 14.6. The number of rotatable bonds is 7. The van der Waals surface area contributed by atoms with Crippen LogP contribution in [0.15, 0.2) is 36.5 Å². The molecular weight excluding hydrogens is 342 g/mol. The van der Waals surface area contributed by atoms with Crippen molar-refractivity contribution in [2.24, 2.45) is 0 Å². The number of halogens is 2. The number of carbonyl (C=O) groups excluding carboxylic acids is 2. The summed E-state index contributed by atoms with van der Waals surface area (Å²) in [4.78, 5) is 30.3. The van der Waals surface area contributed by atoms with Gasteiger partial charge in [-0.05, 0) is 51.3 Å². The number of hydrogen-bond acceptors (Lipinski definition) is 4. The number of hydrogen-bond donors (Lipinski definition) is 2. The molecule has 138 valence electrons. The topological polar surface area (TPSA) is 74.3 Å². The smallest absolute Gasteiger partial charge is 0.269 e. The molecule has 26 heavy (non-hydrogen) atoms. The lowest BCUT2D eigenvalue weighted by Gasteiger charge is -2.10. The van der Waals surface area contributed by atoms with Gasteiger partial charge in [-0.3, -0.25) is 14.6 Å². The predicted molar refractivity (Wildman–Crippen MR) is 94.1 cm³/mol. The third kappa shape index (κ3) is 5.59. The highest BCUT2D eigenvalue weighted by Crippen LogP contribution is 2.16. The molecule has 8 heteroatoms. The summed E-state index contributed by atoms with van der Waals surface area (Å²) >= 11 is 0. The lowest BCUT2D eigenvalue weighted by Crippen LogP contribution is -2.28. The Labute approximate surface area is 150 Å². The fourth-order valence-corrected chi connectivity index (χ4v) is 2.17. The maximum absolute atomic E-state index is 13.6. The Bertz CT molecular complexity index is 797. The lowest BCUT2D eigenvalue weighted by atomic mass is 10.2. The van der Waals surface area contributed by atoms with E-state index in [1.165, 1.54) is 18.3 Å². The van der Waals surface area contributed by atoms with E-state index in [4.69, 9.17) is 0 Å². The van der Waals surface area contributed by atoms with Crippen LogP contribution in [0.5, 0.6) is 0 Å². The highest BCUT2D eigenvalue weighted by Gasteiger charge is 2.13. The van der Waals surface area contributed by atoms with Crippen LogP contribution >= 0.6 is 0 Å². The Morgan fingerprint density at radius 3 is 2.58 bits per heavy atom. The van der Waals surface area contributed by atoms with E-state index >= 15 is 0 Å². The fourth-order valence-electron chi connectivity index (χ4n) is 2.17. The Hall–Kier alpha value is -2.87. The molecular formula is C18H20F2N4O2. The van der Waals surface area contributed by atoms with Gasteiger partial charge in [0.25, 0.3) is 11.8 Å². The van der Waals surface area contributed by atoms with Gasteiger partial charge in [0.1, 0.15) is 17.3 Å². The average molecular weight is 362 g/mol. The average Bonchev–Trinajstić information content (AvgIpc) is 2.60. The van der Waals surface area contributed by atoms with Gasteiger partial charge in [-0.25, -0.2) is 8.78 Å². The summed E-state index contributed by atoms with van der Waals surface area (Å²) in [6.45, 7) is 1.31. The molecule has 0 radical (unpaired) electrons. The molecule has 2 aromatic rings. The molecule has 0 saturated carbocycles. The van der Waals surface area contributed by atoms with Crippen LogP contribution in [-0.2, 0) is 0 Å². The van der Waals surface area contributed by atoms with Crippen LogP contribution in [0, 0.1) is 11.6 Å². The first-order valence-electron chi connectivity index (χ1n) is 8.02. The minimum atomic E-state index is -0.883. The molecule has 1 aromatic heterocycles.